The number of aromatic nitrogens is 2. The van der Waals surface area contributed by atoms with Gasteiger partial charge in [0.1, 0.15) is 11.8 Å². The van der Waals surface area contributed by atoms with Crippen LogP contribution in [0.2, 0.25) is 0 Å². The van der Waals surface area contributed by atoms with Crippen molar-refractivity contribution in [2.45, 2.75) is 44.6 Å². The van der Waals surface area contributed by atoms with E-state index in [1.807, 2.05) is 17.0 Å². The fourth-order valence-electron chi connectivity index (χ4n) is 4.64. The molecule has 1 atom stereocenters. The first-order valence-corrected chi connectivity index (χ1v) is 10.8. The van der Waals surface area contributed by atoms with Crippen molar-refractivity contribution in [2.24, 2.45) is 11.7 Å². The zero-order valence-electron chi connectivity index (χ0n) is 17.4. The largest absolute Gasteiger partial charge is 0.493 e. The molecule has 3 N–H and O–H groups in total. The van der Waals surface area contributed by atoms with E-state index in [1.165, 1.54) is 25.7 Å². The van der Waals surface area contributed by atoms with Crippen LogP contribution in [-0.2, 0) is 0 Å². The molecule has 1 aliphatic heterocycles. The van der Waals surface area contributed by atoms with Crippen LogP contribution in [0.3, 0.4) is 0 Å². The second-order valence-electron chi connectivity index (χ2n) is 8.38. The highest BCUT2D eigenvalue weighted by Crippen LogP contribution is 2.32. The summed E-state index contributed by atoms with van der Waals surface area (Å²) < 4.78 is 11.6. The van der Waals surface area contributed by atoms with Gasteiger partial charge in [-0.2, -0.15) is 4.98 Å². The summed E-state index contributed by atoms with van der Waals surface area (Å²) in [7, 11) is 0. The van der Waals surface area contributed by atoms with E-state index in [1.54, 1.807) is 0 Å². The van der Waals surface area contributed by atoms with Crippen molar-refractivity contribution in [3.8, 4) is 17.1 Å². The average molecular weight is 442 g/mol. The molecule has 8 heteroatoms. The highest BCUT2D eigenvalue weighted by atomic mass is 35.5. The van der Waals surface area contributed by atoms with Crippen molar-refractivity contribution in [3.63, 3.8) is 0 Å². The molecule has 31 heavy (non-hydrogen) atoms. The maximum Gasteiger partial charge on any atom is 0.249 e. The Morgan fingerprint density at radius 3 is 2.68 bits per heavy atom. The molecule has 7 nitrogen and oxygen atoms in total. The maximum atomic E-state index is 7.73. The van der Waals surface area contributed by atoms with Gasteiger partial charge in [-0.05, 0) is 60.6 Å². The lowest BCUT2D eigenvalue weighted by Crippen LogP contribution is -2.35. The van der Waals surface area contributed by atoms with E-state index in [-0.39, 0.29) is 24.4 Å². The van der Waals surface area contributed by atoms with E-state index >= 15 is 0 Å². The summed E-state index contributed by atoms with van der Waals surface area (Å²) in [6, 6.07) is 12.3. The standard InChI is InChI=1S/C23H27N5O2.ClH/c24-23(25)28-11-3-6-20(28)22-26-21(27-30-22)18-8-7-17-13-19(10-9-16(17)12-18)29-14-15-4-1-2-5-15;/h7-10,12-13,15,20H,1-6,11,14H2,(H3,24,25);1H. The Hall–Kier alpha value is -2.80. The normalized spacial score (nSPS) is 19.0. The van der Waals surface area contributed by atoms with Crippen LogP contribution < -0.4 is 10.5 Å². The van der Waals surface area contributed by atoms with Gasteiger partial charge in [0.25, 0.3) is 0 Å². The first-order chi connectivity index (χ1) is 14.7. The van der Waals surface area contributed by atoms with Gasteiger partial charge in [-0.1, -0.05) is 36.2 Å². The summed E-state index contributed by atoms with van der Waals surface area (Å²) in [5, 5.41) is 14.1. The van der Waals surface area contributed by atoms with Crippen LogP contribution in [0.4, 0.5) is 0 Å². The minimum Gasteiger partial charge on any atom is -0.493 e. The molecule has 1 saturated heterocycles. The van der Waals surface area contributed by atoms with Gasteiger partial charge in [-0.3, -0.25) is 5.41 Å². The van der Waals surface area contributed by atoms with Crippen LogP contribution in [0.1, 0.15) is 50.5 Å². The summed E-state index contributed by atoms with van der Waals surface area (Å²) >= 11 is 0. The predicted octanol–water partition coefficient (Wildman–Crippen LogP) is 4.91. The van der Waals surface area contributed by atoms with Crippen LogP contribution in [-0.4, -0.2) is 34.2 Å². The van der Waals surface area contributed by atoms with Gasteiger partial charge in [-0.25, -0.2) is 0 Å². The number of nitrogens with zero attached hydrogens (tertiary/aromatic N) is 3. The number of nitrogens with one attached hydrogen (secondary N) is 1. The lowest BCUT2D eigenvalue weighted by Gasteiger charge is -2.21. The molecule has 164 valence electrons. The molecule has 2 fully saturated rings. The number of likely N-dealkylation sites (tertiary alicyclic amines) is 1. The Bertz CT molecular complexity index is 1060. The van der Waals surface area contributed by atoms with Crippen LogP contribution in [0.5, 0.6) is 5.75 Å². The van der Waals surface area contributed by atoms with Gasteiger partial charge >= 0.3 is 0 Å². The van der Waals surface area contributed by atoms with Crippen molar-refractivity contribution in [2.75, 3.05) is 13.2 Å². The molecule has 0 radical (unpaired) electrons. The lowest BCUT2D eigenvalue weighted by molar-refractivity contribution is 0.252. The van der Waals surface area contributed by atoms with Gasteiger partial charge in [0.05, 0.1) is 6.61 Å². The number of hydrogen-bond acceptors (Lipinski definition) is 5. The molecule has 0 spiro atoms. The van der Waals surface area contributed by atoms with Gasteiger partial charge in [0, 0.05) is 12.1 Å². The zero-order valence-corrected chi connectivity index (χ0v) is 18.2. The van der Waals surface area contributed by atoms with E-state index in [2.05, 4.69) is 34.4 Å². The average Bonchev–Trinajstić information content (AvgIpc) is 3.52. The van der Waals surface area contributed by atoms with Gasteiger partial charge in [0.2, 0.25) is 11.7 Å². The second-order valence-corrected chi connectivity index (χ2v) is 8.38. The van der Waals surface area contributed by atoms with Gasteiger partial charge in [0.15, 0.2) is 5.96 Å². The number of halogens is 1. The monoisotopic (exact) mass is 441 g/mol. The molecule has 5 rings (SSSR count). The quantitative estimate of drug-likeness (QED) is 0.430. The fourth-order valence-corrected chi connectivity index (χ4v) is 4.64. The molecule has 1 aliphatic carbocycles. The van der Waals surface area contributed by atoms with Gasteiger partial charge in [-0.15, -0.1) is 12.4 Å². The second kappa shape index (κ2) is 9.14. The van der Waals surface area contributed by atoms with E-state index < -0.39 is 0 Å². The topological polar surface area (TPSA) is 101 Å². The number of benzene rings is 2. The van der Waals surface area contributed by atoms with Crippen molar-refractivity contribution in [3.05, 3.63) is 42.3 Å². The zero-order chi connectivity index (χ0) is 20.5. The van der Waals surface area contributed by atoms with E-state index in [9.17, 15) is 0 Å². The molecule has 1 aromatic heterocycles. The SMILES string of the molecule is Cl.N=C(N)N1CCCC1c1nc(-c2ccc3cc(OCC4CCCC4)ccc3c2)no1. The van der Waals surface area contributed by atoms with Crippen LogP contribution in [0, 0.1) is 11.3 Å². The smallest absolute Gasteiger partial charge is 0.249 e. The van der Waals surface area contributed by atoms with Crippen LogP contribution in [0.25, 0.3) is 22.2 Å². The number of hydrogen-bond donors (Lipinski definition) is 2. The minimum atomic E-state index is -0.108. The van der Waals surface area contributed by atoms with Crippen molar-refractivity contribution >= 4 is 29.1 Å². The maximum absolute atomic E-state index is 7.73. The number of fused-ring (bicyclic) bond motifs is 1. The molecular weight excluding hydrogens is 414 g/mol. The van der Waals surface area contributed by atoms with E-state index in [0.29, 0.717) is 17.6 Å². The molecule has 2 heterocycles. The van der Waals surface area contributed by atoms with Gasteiger partial charge < -0.3 is 19.9 Å². The predicted molar refractivity (Wildman–Crippen MR) is 123 cm³/mol. The van der Waals surface area contributed by atoms with Crippen molar-refractivity contribution < 1.29 is 9.26 Å². The molecule has 3 aromatic rings. The first-order valence-electron chi connectivity index (χ1n) is 10.8. The summed E-state index contributed by atoms with van der Waals surface area (Å²) in [6.45, 7) is 1.56. The summed E-state index contributed by atoms with van der Waals surface area (Å²) in [5.74, 6) is 2.76. The Morgan fingerprint density at radius 1 is 1.10 bits per heavy atom. The van der Waals surface area contributed by atoms with Crippen LogP contribution in [0.15, 0.2) is 40.9 Å². The Morgan fingerprint density at radius 2 is 1.87 bits per heavy atom. The van der Waals surface area contributed by atoms with Crippen molar-refractivity contribution in [1.29, 1.82) is 5.41 Å². The third kappa shape index (κ3) is 4.46. The lowest BCUT2D eigenvalue weighted by atomic mass is 10.1. The highest BCUT2D eigenvalue weighted by Gasteiger charge is 2.31. The van der Waals surface area contributed by atoms with E-state index in [0.717, 1.165) is 48.1 Å². The Balaban J connectivity index is 0.00000231. The van der Waals surface area contributed by atoms with E-state index in [4.69, 9.17) is 20.4 Å². The summed E-state index contributed by atoms with van der Waals surface area (Å²) in [4.78, 5) is 6.41. The third-order valence-corrected chi connectivity index (χ3v) is 6.32. The number of nitrogens with two attached hydrogens (primary N) is 1. The molecule has 0 bridgehead atoms. The molecule has 1 saturated carbocycles. The first kappa shape index (κ1) is 21.4. The Labute approximate surface area is 187 Å². The van der Waals surface area contributed by atoms with Crippen molar-refractivity contribution in [1.82, 2.24) is 15.0 Å². The molecule has 0 amide bonds. The third-order valence-electron chi connectivity index (χ3n) is 6.32. The number of guanidine groups is 1. The molecule has 2 aromatic carbocycles. The Kier molecular flexibility index (Phi) is 6.32. The fraction of sp³-hybridized carbons (Fsp3) is 0.435. The molecule has 1 unspecified atom stereocenters. The molecular formula is C23H28ClN5O2. The molecule has 2 aliphatic rings. The number of rotatable bonds is 5. The summed E-state index contributed by atoms with van der Waals surface area (Å²) in [5.41, 5.74) is 6.59. The highest BCUT2D eigenvalue weighted by molar-refractivity contribution is 5.87. The minimum absolute atomic E-state index is 0. The number of ether oxygens (including phenoxy) is 1. The summed E-state index contributed by atoms with van der Waals surface area (Å²) in [6.07, 6.45) is 7.06. The van der Waals surface area contributed by atoms with Crippen LogP contribution >= 0.6 is 12.4 Å².